The summed E-state index contributed by atoms with van der Waals surface area (Å²) in [6.07, 6.45) is 2.51. The van der Waals surface area contributed by atoms with E-state index in [1.807, 2.05) is 6.07 Å². The van der Waals surface area contributed by atoms with Crippen molar-refractivity contribution in [3.63, 3.8) is 0 Å². The lowest BCUT2D eigenvalue weighted by Crippen LogP contribution is -2.23. The Morgan fingerprint density at radius 1 is 1.19 bits per heavy atom. The molecule has 1 atom stereocenters. The van der Waals surface area contributed by atoms with E-state index in [1.165, 1.54) is 12.0 Å². The highest BCUT2D eigenvalue weighted by Gasteiger charge is 2.10. The van der Waals surface area contributed by atoms with E-state index in [9.17, 15) is 0 Å². The SMILES string of the molecule is CCCCOC(CNCC)c1ccccc1. The van der Waals surface area contributed by atoms with Crippen LogP contribution in [-0.4, -0.2) is 19.7 Å². The molecule has 0 radical (unpaired) electrons. The molecule has 0 saturated carbocycles. The predicted octanol–water partition coefficient (Wildman–Crippen LogP) is 3.15. The van der Waals surface area contributed by atoms with Crippen LogP contribution in [0.2, 0.25) is 0 Å². The number of likely N-dealkylation sites (N-methyl/N-ethyl adjacent to an activating group) is 1. The van der Waals surface area contributed by atoms with Gasteiger partial charge in [0.25, 0.3) is 0 Å². The first-order chi connectivity index (χ1) is 7.88. The van der Waals surface area contributed by atoms with Crippen molar-refractivity contribution in [2.24, 2.45) is 0 Å². The maximum Gasteiger partial charge on any atom is 0.0949 e. The molecule has 1 aromatic rings. The zero-order valence-corrected chi connectivity index (χ0v) is 10.4. The Morgan fingerprint density at radius 2 is 1.94 bits per heavy atom. The van der Waals surface area contributed by atoms with Crippen molar-refractivity contribution in [3.8, 4) is 0 Å². The van der Waals surface area contributed by atoms with Gasteiger partial charge in [-0.2, -0.15) is 0 Å². The minimum atomic E-state index is 0.188. The van der Waals surface area contributed by atoms with E-state index in [4.69, 9.17) is 4.74 Å². The Hall–Kier alpha value is -0.860. The number of nitrogens with one attached hydrogen (secondary N) is 1. The Bertz CT molecular complexity index is 261. The summed E-state index contributed by atoms with van der Waals surface area (Å²) in [5.74, 6) is 0. The number of rotatable bonds is 8. The van der Waals surface area contributed by atoms with E-state index in [0.717, 1.165) is 26.1 Å². The van der Waals surface area contributed by atoms with Crippen LogP contribution in [0, 0.1) is 0 Å². The average molecular weight is 221 g/mol. The first kappa shape index (κ1) is 13.2. The number of unbranched alkanes of at least 4 members (excludes halogenated alkanes) is 1. The molecule has 90 valence electrons. The van der Waals surface area contributed by atoms with Crippen molar-refractivity contribution in [1.82, 2.24) is 5.32 Å². The molecule has 1 aromatic carbocycles. The number of hydrogen-bond acceptors (Lipinski definition) is 2. The molecule has 0 spiro atoms. The third-order valence-electron chi connectivity index (χ3n) is 2.57. The fourth-order valence-corrected chi connectivity index (χ4v) is 1.59. The van der Waals surface area contributed by atoms with E-state index in [1.54, 1.807) is 0 Å². The molecule has 0 fully saturated rings. The van der Waals surface area contributed by atoms with Gasteiger partial charge in [-0.25, -0.2) is 0 Å². The molecular weight excluding hydrogens is 198 g/mol. The van der Waals surface area contributed by atoms with Gasteiger partial charge in [-0.1, -0.05) is 50.6 Å². The fourth-order valence-electron chi connectivity index (χ4n) is 1.59. The molecule has 0 saturated heterocycles. The number of hydrogen-bond donors (Lipinski definition) is 1. The summed E-state index contributed by atoms with van der Waals surface area (Å²) in [6.45, 7) is 7.03. The summed E-state index contributed by atoms with van der Waals surface area (Å²) in [4.78, 5) is 0. The minimum absolute atomic E-state index is 0.188. The number of benzene rings is 1. The van der Waals surface area contributed by atoms with Gasteiger partial charge in [0.2, 0.25) is 0 Å². The molecule has 0 aromatic heterocycles. The van der Waals surface area contributed by atoms with Crippen molar-refractivity contribution in [2.75, 3.05) is 19.7 Å². The fraction of sp³-hybridized carbons (Fsp3) is 0.571. The summed E-state index contributed by atoms with van der Waals surface area (Å²) < 4.78 is 5.91. The largest absolute Gasteiger partial charge is 0.372 e. The van der Waals surface area contributed by atoms with Gasteiger partial charge in [0.05, 0.1) is 6.10 Å². The molecule has 0 amide bonds. The summed E-state index contributed by atoms with van der Waals surface area (Å²) in [5, 5.41) is 3.35. The van der Waals surface area contributed by atoms with Crippen molar-refractivity contribution in [3.05, 3.63) is 35.9 Å². The lowest BCUT2D eigenvalue weighted by Gasteiger charge is -2.18. The first-order valence-corrected chi connectivity index (χ1v) is 6.25. The summed E-state index contributed by atoms with van der Waals surface area (Å²) in [5.41, 5.74) is 1.26. The second-order valence-corrected chi connectivity index (χ2v) is 3.93. The maximum atomic E-state index is 5.91. The Morgan fingerprint density at radius 3 is 2.56 bits per heavy atom. The standard InChI is InChI=1S/C14H23NO/c1-3-5-11-16-14(12-15-4-2)13-9-7-6-8-10-13/h6-10,14-15H,3-5,11-12H2,1-2H3. The molecule has 2 heteroatoms. The van der Waals surface area contributed by atoms with Crippen molar-refractivity contribution < 1.29 is 4.74 Å². The molecule has 1 N–H and O–H groups in total. The second-order valence-electron chi connectivity index (χ2n) is 3.93. The van der Waals surface area contributed by atoms with Crippen LogP contribution >= 0.6 is 0 Å². The van der Waals surface area contributed by atoms with Crippen LogP contribution in [0.15, 0.2) is 30.3 Å². The third-order valence-corrected chi connectivity index (χ3v) is 2.57. The average Bonchev–Trinajstić information content (AvgIpc) is 2.35. The van der Waals surface area contributed by atoms with Crippen molar-refractivity contribution >= 4 is 0 Å². The summed E-state index contributed by atoms with van der Waals surface area (Å²) >= 11 is 0. The van der Waals surface area contributed by atoms with Gasteiger partial charge in [-0.05, 0) is 18.5 Å². The molecule has 2 nitrogen and oxygen atoms in total. The van der Waals surface area contributed by atoms with Gasteiger partial charge >= 0.3 is 0 Å². The van der Waals surface area contributed by atoms with Crippen molar-refractivity contribution in [2.45, 2.75) is 32.8 Å². The molecule has 0 heterocycles. The van der Waals surface area contributed by atoms with Crippen LogP contribution < -0.4 is 5.32 Å². The highest BCUT2D eigenvalue weighted by atomic mass is 16.5. The van der Waals surface area contributed by atoms with Crippen LogP contribution in [0.3, 0.4) is 0 Å². The summed E-state index contributed by atoms with van der Waals surface area (Å²) in [6, 6.07) is 10.4. The zero-order chi connectivity index (χ0) is 11.6. The lowest BCUT2D eigenvalue weighted by molar-refractivity contribution is 0.0510. The van der Waals surface area contributed by atoms with Crippen LogP contribution in [-0.2, 0) is 4.74 Å². The molecule has 16 heavy (non-hydrogen) atoms. The topological polar surface area (TPSA) is 21.3 Å². The van der Waals surface area contributed by atoms with E-state index in [2.05, 4.69) is 43.4 Å². The third kappa shape index (κ3) is 4.77. The van der Waals surface area contributed by atoms with E-state index in [0.29, 0.717) is 0 Å². The van der Waals surface area contributed by atoms with E-state index < -0.39 is 0 Å². The van der Waals surface area contributed by atoms with Crippen LogP contribution in [0.5, 0.6) is 0 Å². The van der Waals surface area contributed by atoms with Gasteiger partial charge < -0.3 is 10.1 Å². The maximum absolute atomic E-state index is 5.91. The molecule has 0 aliphatic heterocycles. The smallest absolute Gasteiger partial charge is 0.0949 e. The molecular formula is C14H23NO. The molecule has 1 rings (SSSR count). The summed E-state index contributed by atoms with van der Waals surface area (Å²) in [7, 11) is 0. The van der Waals surface area contributed by atoms with Gasteiger partial charge in [0.15, 0.2) is 0 Å². The van der Waals surface area contributed by atoms with Crippen LogP contribution in [0.1, 0.15) is 38.4 Å². The predicted molar refractivity (Wildman–Crippen MR) is 68.6 cm³/mol. The normalized spacial score (nSPS) is 12.6. The van der Waals surface area contributed by atoms with Gasteiger partial charge in [0.1, 0.15) is 0 Å². The van der Waals surface area contributed by atoms with E-state index >= 15 is 0 Å². The molecule has 0 aliphatic carbocycles. The minimum Gasteiger partial charge on any atom is -0.372 e. The Kier molecular flexibility index (Phi) is 6.86. The van der Waals surface area contributed by atoms with Gasteiger partial charge in [-0.3, -0.25) is 0 Å². The zero-order valence-electron chi connectivity index (χ0n) is 10.4. The molecule has 1 unspecified atom stereocenters. The quantitative estimate of drug-likeness (QED) is 0.681. The highest BCUT2D eigenvalue weighted by Crippen LogP contribution is 2.16. The molecule has 0 bridgehead atoms. The van der Waals surface area contributed by atoms with Gasteiger partial charge in [-0.15, -0.1) is 0 Å². The van der Waals surface area contributed by atoms with Gasteiger partial charge in [0, 0.05) is 13.2 Å². The van der Waals surface area contributed by atoms with Crippen LogP contribution in [0.25, 0.3) is 0 Å². The Balaban J connectivity index is 2.49. The Labute approximate surface area is 99.0 Å². The monoisotopic (exact) mass is 221 g/mol. The lowest BCUT2D eigenvalue weighted by atomic mass is 10.1. The van der Waals surface area contributed by atoms with E-state index in [-0.39, 0.29) is 6.10 Å². The first-order valence-electron chi connectivity index (χ1n) is 6.25. The van der Waals surface area contributed by atoms with Crippen molar-refractivity contribution in [1.29, 1.82) is 0 Å². The second kappa shape index (κ2) is 8.31. The highest BCUT2D eigenvalue weighted by molar-refractivity contribution is 5.17. The van der Waals surface area contributed by atoms with Crippen LogP contribution in [0.4, 0.5) is 0 Å². The number of ether oxygens (including phenoxy) is 1. The molecule has 0 aliphatic rings.